The molecule has 0 aliphatic carbocycles. The Morgan fingerprint density at radius 1 is 0.741 bits per heavy atom. The summed E-state index contributed by atoms with van der Waals surface area (Å²) in [5, 5.41) is 9.81. The molecule has 0 spiro atoms. The Hall–Kier alpha value is -1.18. The van der Waals surface area contributed by atoms with E-state index in [1.807, 2.05) is 42.5 Å². The highest BCUT2D eigenvalue weighted by Gasteiger charge is 2.34. The summed E-state index contributed by atoms with van der Waals surface area (Å²) in [7, 11) is -5.29. The molecule has 0 unspecified atom stereocenters. The van der Waals surface area contributed by atoms with Crippen LogP contribution in [0.3, 0.4) is 0 Å². The zero-order valence-corrected chi connectivity index (χ0v) is 16.2. The van der Waals surface area contributed by atoms with Crippen LogP contribution in [-0.4, -0.2) is 51.1 Å². The van der Waals surface area contributed by atoms with Gasteiger partial charge in [0.05, 0.1) is 25.2 Å². The molecule has 0 saturated carbocycles. The number of hydrogen-bond acceptors (Lipinski definition) is 8. The number of rotatable bonds is 11. The quantitative estimate of drug-likeness (QED) is 0.353. The summed E-state index contributed by atoms with van der Waals surface area (Å²) in [4.78, 5) is 36.0. The number of para-hydroxylation sites is 1. The van der Waals surface area contributed by atoms with Gasteiger partial charge in [-0.1, -0.05) is 48.5 Å². The molecular formula is C17H22O8P2. The van der Waals surface area contributed by atoms with Crippen LogP contribution in [-0.2, 0) is 9.05 Å². The summed E-state index contributed by atoms with van der Waals surface area (Å²) < 4.78 is 15.5. The smallest absolute Gasteiger partial charge is 0.327 e. The Morgan fingerprint density at radius 3 is 1.85 bits per heavy atom. The van der Waals surface area contributed by atoms with Crippen LogP contribution in [0.25, 0.3) is 11.1 Å². The summed E-state index contributed by atoms with van der Waals surface area (Å²) in [6, 6.07) is 16.9. The van der Waals surface area contributed by atoms with E-state index in [2.05, 4.69) is 0 Å². The third-order valence-electron chi connectivity index (χ3n) is 3.81. The minimum Gasteiger partial charge on any atom is -0.492 e. The van der Waals surface area contributed by atoms with Crippen molar-refractivity contribution in [1.29, 1.82) is 0 Å². The van der Waals surface area contributed by atoms with E-state index in [9.17, 15) is 5.11 Å². The molecule has 2 rings (SSSR count). The van der Waals surface area contributed by atoms with Crippen LogP contribution in [0.2, 0.25) is 0 Å². The maximum absolute atomic E-state index is 9.81. The van der Waals surface area contributed by atoms with Crippen molar-refractivity contribution in [2.75, 3.05) is 26.4 Å². The molecule has 0 aliphatic rings. The van der Waals surface area contributed by atoms with E-state index in [1.165, 1.54) is 0 Å². The van der Waals surface area contributed by atoms with Crippen molar-refractivity contribution in [3.63, 3.8) is 0 Å². The number of aliphatic hydroxyl groups excluding tert-OH is 1. The second-order valence-corrected chi connectivity index (χ2v) is 7.39. The second kappa shape index (κ2) is 11.0. The minimum atomic E-state index is -2.65. The van der Waals surface area contributed by atoms with Crippen LogP contribution < -0.4 is 4.74 Å². The van der Waals surface area contributed by atoms with E-state index in [4.69, 9.17) is 33.4 Å². The third-order valence-corrected chi connectivity index (χ3v) is 4.53. The zero-order valence-electron chi connectivity index (χ0n) is 14.4. The SMILES string of the molecule is OCC(COc1ccccc1-c1ccccc1)(COP(O)O)COP(O)O. The fraction of sp³-hybridized carbons (Fsp3) is 0.294. The molecule has 148 valence electrons. The van der Waals surface area contributed by atoms with Crippen LogP contribution in [0, 0.1) is 5.41 Å². The topological polar surface area (TPSA) is 129 Å². The van der Waals surface area contributed by atoms with Crippen LogP contribution in [0.1, 0.15) is 0 Å². The molecule has 8 nitrogen and oxygen atoms in total. The van der Waals surface area contributed by atoms with Crippen LogP contribution in [0.15, 0.2) is 54.6 Å². The van der Waals surface area contributed by atoms with Crippen molar-refractivity contribution in [2.24, 2.45) is 5.41 Å². The van der Waals surface area contributed by atoms with Crippen molar-refractivity contribution in [1.82, 2.24) is 0 Å². The molecule has 10 heteroatoms. The maximum Gasteiger partial charge on any atom is 0.327 e. The molecule has 0 heterocycles. The van der Waals surface area contributed by atoms with Crippen LogP contribution >= 0.6 is 17.2 Å². The predicted molar refractivity (Wildman–Crippen MR) is 102 cm³/mol. The number of hydrogen-bond donors (Lipinski definition) is 5. The Labute approximate surface area is 159 Å². The molecule has 2 aromatic rings. The van der Waals surface area contributed by atoms with Crippen LogP contribution in [0.5, 0.6) is 5.75 Å². The van der Waals surface area contributed by atoms with Gasteiger partial charge in [0.25, 0.3) is 0 Å². The molecule has 0 atom stereocenters. The molecular weight excluding hydrogens is 394 g/mol. The van der Waals surface area contributed by atoms with Crippen molar-refractivity contribution in [3.05, 3.63) is 54.6 Å². The Kier molecular flexibility index (Phi) is 8.99. The first-order valence-corrected chi connectivity index (χ1v) is 10.3. The molecule has 0 aliphatic heterocycles. The third kappa shape index (κ3) is 7.05. The van der Waals surface area contributed by atoms with Gasteiger partial charge in [-0.05, 0) is 11.6 Å². The number of benzene rings is 2. The number of ether oxygens (including phenoxy) is 1. The largest absolute Gasteiger partial charge is 0.492 e. The average molecular weight is 416 g/mol. The van der Waals surface area contributed by atoms with E-state index < -0.39 is 29.2 Å². The average Bonchev–Trinajstić information content (AvgIpc) is 2.68. The van der Waals surface area contributed by atoms with Gasteiger partial charge in [-0.15, -0.1) is 0 Å². The molecule has 0 amide bonds. The van der Waals surface area contributed by atoms with E-state index in [0.717, 1.165) is 11.1 Å². The molecule has 5 N–H and O–H groups in total. The van der Waals surface area contributed by atoms with E-state index >= 15 is 0 Å². The monoisotopic (exact) mass is 416 g/mol. The van der Waals surface area contributed by atoms with Gasteiger partial charge in [-0.25, -0.2) is 0 Å². The summed E-state index contributed by atoms with van der Waals surface area (Å²) in [5.41, 5.74) is 0.561. The van der Waals surface area contributed by atoms with Gasteiger partial charge in [0.15, 0.2) is 0 Å². The standard InChI is InChI=1S/C17H22O8P2/c18-10-17(12-24-26(19)20,13-25-27(21)22)11-23-16-9-5-4-8-15(16)14-6-2-1-3-7-14/h1-9,18-22H,10-13H2. The van der Waals surface area contributed by atoms with E-state index in [1.54, 1.807) is 12.1 Å². The van der Waals surface area contributed by atoms with Gasteiger partial charge in [0, 0.05) is 5.56 Å². The normalized spacial score (nSPS) is 12.0. The van der Waals surface area contributed by atoms with Crippen molar-refractivity contribution in [3.8, 4) is 16.9 Å². The first-order valence-electron chi connectivity index (χ1n) is 7.95. The predicted octanol–water partition coefficient (Wildman–Crippen LogP) is 2.17. The highest BCUT2D eigenvalue weighted by Crippen LogP contribution is 2.35. The molecule has 2 aromatic carbocycles. The molecule has 0 aromatic heterocycles. The van der Waals surface area contributed by atoms with Gasteiger partial charge >= 0.3 is 17.2 Å². The van der Waals surface area contributed by atoms with Crippen molar-refractivity contribution >= 4 is 17.2 Å². The van der Waals surface area contributed by atoms with Gasteiger partial charge in [-0.3, -0.25) is 0 Å². The summed E-state index contributed by atoms with van der Waals surface area (Å²) in [5.74, 6) is 0.548. The van der Waals surface area contributed by atoms with Gasteiger partial charge in [-0.2, -0.15) is 0 Å². The van der Waals surface area contributed by atoms with Crippen molar-refractivity contribution < 1.29 is 38.5 Å². The fourth-order valence-electron chi connectivity index (χ4n) is 2.33. The summed E-state index contributed by atoms with van der Waals surface area (Å²) in [6.07, 6.45) is 0. The molecule has 0 bridgehead atoms. The second-order valence-electron chi connectivity index (χ2n) is 5.86. The fourth-order valence-corrected chi connectivity index (χ4v) is 3.11. The highest BCUT2D eigenvalue weighted by molar-refractivity contribution is 7.39. The summed E-state index contributed by atoms with van der Waals surface area (Å²) in [6.45, 7) is -1.22. The zero-order chi connectivity index (χ0) is 19.7. The lowest BCUT2D eigenvalue weighted by Gasteiger charge is -2.31. The van der Waals surface area contributed by atoms with Gasteiger partial charge in [0.1, 0.15) is 12.4 Å². The summed E-state index contributed by atoms with van der Waals surface area (Å²) >= 11 is 0. The Bertz CT molecular complexity index is 672. The lowest BCUT2D eigenvalue weighted by molar-refractivity contribution is -0.0160. The highest BCUT2D eigenvalue weighted by atomic mass is 31.2. The first kappa shape index (κ1) is 22.1. The molecule has 0 saturated heterocycles. The van der Waals surface area contributed by atoms with E-state index in [-0.39, 0.29) is 19.8 Å². The van der Waals surface area contributed by atoms with Crippen molar-refractivity contribution in [2.45, 2.75) is 0 Å². The maximum atomic E-state index is 9.81. The Morgan fingerprint density at radius 2 is 1.30 bits per heavy atom. The lowest BCUT2D eigenvalue weighted by atomic mass is 9.92. The van der Waals surface area contributed by atoms with Gasteiger partial charge < -0.3 is 38.5 Å². The molecule has 27 heavy (non-hydrogen) atoms. The first-order chi connectivity index (χ1) is 13.0. The van der Waals surface area contributed by atoms with E-state index in [0.29, 0.717) is 5.75 Å². The van der Waals surface area contributed by atoms with Crippen LogP contribution in [0.4, 0.5) is 0 Å². The lowest BCUT2D eigenvalue weighted by Crippen LogP contribution is -2.41. The molecule has 0 radical (unpaired) electrons. The Balaban J connectivity index is 2.18. The molecule has 0 fully saturated rings. The number of aliphatic hydroxyl groups is 1. The minimum absolute atomic E-state index is 0.111. The van der Waals surface area contributed by atoms with Gasteiger partial charge in [0.2, 0.25) is 0 Å².